The van der Waals surface area contributed by atoms with Crippen LogP contribution in [0.5, 0.6) is 5.75 Å². The Labute approximate surface area is 125 Å². The van der Waals surface area contributed by atoms with Gasteiger partial charge in [-0.3, -0.25) is 0 Å². The molecule has 0 saturated heterocycles. The molecule has 0 aliphatic carbocycles. The molecule has 1 aliphatic rings. The molecule has 0 radical (unpaired) electrons. The number of fused-ring (bicyclic) bond motifs is 1. The summed E-state index contributed by atoms with van der Waals surface area (Å²) in [6.07, 6.45) is 0.673. The first-order valence-corrected chi connectivity index (χ1v) is 7.62. The van der Waals surface area contributed by atoms with Crippen LogP contribution in [0.3, 0.4) is 0 Å². The van der Waals surface area contributed by atoms with Crippen molar-refractivity contribution in [1.29, 1.82) is 0 Å². The molecule has 118 valence electrons. The average Bonchev–Trinajstić information content (AvgIpc) is 2.50. The number of hydrogen-bond donors (Lipinski definition) is 3. The predicted octanol–water partition coefficient (Wildman–Crippen LogP) is 0.730. The number of nitrogens with one attached hydrogen (secondary N) is 1. The molecular formula is C16H25NO4. The first-order chi connectivity index (χ1) is 10.3. The van der Waals surface area contributed by atoms with E-state index >= 15 is 0 Å². The Kier molecular flexibility index (Phi) is 6.95. The standard InChI is InChI=1S/C16H25NO4/c18-14-7-8-17-9-11-21-16-6-2-1-4-13(16)5-3-10-20-12-15(14)19/h1-2,4,6,14-15,17-19H,3,5,7-12H2/t14-,15+/m0/s1. The lowest BCUT2D eigenvalue weighted by Gasteiger charge is -2.17. The van der Waals surface area contributed by atoms with Crippen molar-refractivity contribution in [3.05, 3.63) is 29.8 Å². The Bertz CT molecular complexity index is 413. The summed E-state index contributed by atoms with van der Waals surface area (Å²) < 4.78 is 11.2. The monoisotopic (exact) mass is 295 g/mol. The van der Waals surface area contributed by atoms with Crippen molar-refractivity contribution < 1.29 is 19.7 Å². The fraction of sp³-hybridized carbons (Fsp3) is 0.625. The van der Waals surface area contributed by atoms with Crippen LogP contribution in [-0.4, -0.2) is 55.3 Å². The van der Waals surface area contributed by atoms with Crippen molar-refractivity contribution in [1.82, 2.24) is 5.32 Å². The third-order valence-electron chi connectivity index (χ3n) is 3.59. The highest BCUT2D eigenvalue weighted by atomic mass is 16.5. The molecule has 0 unspecified atom stereocenters. The zero-order valence-electron chi connectivity index (χ0n) is 12.3. The van der Waals surface area contributed by atoms with E-state index in [1.54, 1.807) is 0 Å². The van der Waals surface area contributed by atoms with E-state index in [0.717, 1.165) is 18.6 Å². The summed E-state index contributed by atoms with van der Waals surface area (Å²) in [5.41, 5.74) is 1.18. The number of benzene rings is 1. The minimum absolute atomic E-state index is 0.180. The number of ether oxygens (including phenoxy) is 2. The van der Waals surface area contributed by atoms with E-state index in [1.807, 2.05) is 18.2 Å². The molecule has 0 saturated carbocycles. The molecule has 1 aromatic carbocycles. The van der Waals surface area contributed by atoms with Crippen LogP contribution >= 0.6 is 0 Å². The number of aryl methyl sites for hydroxylation is 1. The van der Waals surface area contributed by atoms with Gasteiger partial charge in [0.1, 0.15) is 18.5 Å². The molecule has 1 aliphatic heterocycles. The van der Waals surface area contributed by atoms with Gasteiger partial charge in [-0.2, -0.15) is 0 Å². The number of hydrogen-bond acceptors (Lipinski definition) is 5. The van der Waals surface area contributed by atoms with Crippen LogP contribution in [0.2, 0.25) is 0 Å². The van der Waals surface area contributed by atoms with E-state index < -0.39 is 12.2 Å². The van der Waals surface area contributed by atoms with Crippen molar-refractivity contribution in [2.24, 2.45) is 0 Å². The number of para-hydroxylation sites is 1. The topological polar surface area (TPSA) is 71.0 Å². The average molecular weight is 295 g/mol. The molecule has 0 aromatic heterocycles. The van der Waals surface area contributed by atoms with E-state index in [0.29, 0.717) is 32.7 Å². The third-order valence-corrected chi connectivity index (χ3v) is 3.59. The van der Waals surface area contributed by atoms with Gasteiger partial charge in [-0.1, -0.05) is 18.2 Å². The Hall–Kier alpha value is -1.14. The summed E-state index contributed by atoms with van der Waals surface area (Å²) in [6, 6.07) is 8.04. The number of aliphatic hydroxyl groups is 2. The van der Waals surface area contributed by atoms with Crippen molar-refractivity contribution >= 4 is 0 Å². The molecule has 5 heteroatoms. The van der Waals surface area contributed by atoms with Gasteiger partial charge in [-0.05, 0) is 37.4 Å². The first-order valence-electron chi connectivity index (χ1n) is 7.62. The lowest BCUT2D eigenvalue weighted by Crippen LogP contribution is -2.34. The number of rotatable bonds is 0. The highest BCUT2D eigenvalue weighted by molar-refractivity contribution is 5.33. The van der Waals surface area contributed by atoms with Crippen molar-refractivity contribution in [3.8, 4) is 5.75 Å². The van der Waals surface area contributed by atoms with Gasteiger partial charge in [0.25, 0.3) is 0 Å². The molecule has 0 spiro atoms. The molecule has 2 atom stereocenters. The van der Waals surface area contributed by atoms with Gasteiger partial charge in [0.2, 0.25) is 0 Å². The zero-order chi connectivity index (χ0) is 14.9. The van der Waals surface area contributed by atoms with Crippen LogP contribution in [0, 0.1) is 0 Å². The molecule has 21 heavy (non-hydrogen) atoms. The third kappa shape index (κ3) is 5.63. The summed E-state index contributed by atoms with van der Waals surface area (Å²) in [7, 11) is 0. The second-order valence-corrected chi connectivity index (χ2v) is 5.31. The minimum atomic E-state index is -0.819. The van der Waals surface area contributed by atoms with Crippen LogP contribution in [0.1, 0.15) is 18.4 Å². The van der Waals surface area contributed by atoms with Crippen LogP contribution < -0.4 is 10.1 Å². The van der Waals surface area contributed by atoms with Gasteiger partial charge in [-0.15, -0.1) is 0 Å². The summed E-state index contributed by atoms with van der Waals surface area (Å²) in [5.74, 6) is 0.925. The largest absolute Gasteiger partial charge is 0.492 e. The Morgan fingerprint density at radius 1 is 1.05 bits per heavy atom. The van der Waals surface area contributed by atoms with Gasteiger partial charge in [0.15, 0.2) is 0 Å². The summed E-state index contributed by atoms with van der Waals surface area (Å²) >= 11 is 0. The molecular weight excluding hydrogens is 270 g/mol. The molecule has 5 nitrogen and oxygen atoms in total. The fourth-order valence-corrected chi connectivity index (χ4v) is 2.33. The summed E-state index contributed by atoms with van der Waals surface area (Å²) in [4.78, 5) is 0. The smallest absolute Gasteiger partial charge is 0.122 e. The van der Waals surface area contributed by atoms with Gasteiger partial charge < -0.3 is 25.0 Å². The van der Waals surface area contributed by atoms with Gasteiger partial charge in [-0.25, -0.2) is 0 Å². The van der Waals surface area contributed by atoms with Crippen molar-refractivity contribution in [3.63, 3.8) is 0 Å². The van der Waals surface area contributed by atoms with E-state index in [-0.39, 0.29) is 6.61 Å². The first kappa shape index (κ1) is 16.2. The highest BCUT2D eigenvalue weighted by Crippen LogP contribution is 2.19. The second-order valence-electron chi connectivity index (χ2n) is 5.31. The molecule has 1 aromatic rings. The maximum atomic E-state index is 9.78. The van der Waals surface area contributed by atoms with E-state index in [4.69, 9.17) is 9.47 Å². The van der Waals surface area contributed by atoms with Gasteiger partial charge in [0, 0.05) is 13.2 Å². The Morgan fingerprint density at radius 3 is 2.81 bits per heavy atom. The second kappa shape index (κ2) is 9.00. The number of aliphatic hydroxyl groups excluding tert-OH is 2. The summed E-state index contributed by atoms with van der Waals surface area (Å²) in [5, 5.41) is 22.8. The molecule has 1 heterocycles. The maximum absolute atomic E-state index is 9.78. The molecule has 0 amide bonds. The Balaban J connectivity index is 1.91. The predicted molar refractivity (Wildman–Crippen MR) is 80.6 cm³/mol. The van der Waals surface area contributed by atoms with E-state index in [9.17, 15) is 10.2 Å². The van der Waals surface area contributed by atoms with E-state index in [1.165, 1.54) is 5.56 Å². The minimum Gasteiger partial charge on any atom is -0.492 e. The zero-order valence-corrected chi connectivity index (χ0v) is 12.3. The van der Waals surface area contributed by atoms with Crippen molar-refractivity contribution in [2.75, 3.05) is 32.9 Å². The lowest BCUT2D eigenvalue weighted by atomic mass is 10.1. The SMILES string of the molecule is O[C@@H]1COCCCc2ccccc2OCCNCC[C@@H]1O. The van der Waals surface area contributed by atoms with E-state index in [2.05, 4.69) is 11.4 Å². The molecule has 2 rings (SSSR count). The molecule has 0 fully saturated rings. The van der Waals surface area contributed by atoms with Crippen LogP contribution in [0.25, 0.3) is 0 Å². The van der Waals surface area contributed by atoms with Gasteiger partial charge in [0.05, 0.1) is 12.7 Å². The van der Waals surface area contributed by atoms with Crippen LogP contribution in [0.15, 0.2) is 24.3 Å². The summed E-state index contributed by atoms with van der Waals surface area (Å²) in [6.45, 7) is 2.69. The van der Waals surface area contributed by atoms with Crippen LogP contribution in [-0.2, 0) is 11.2 Å². The normalized spacial score (nSPS) is 26.0. The quantitative estimate of drug-likeness (QED) is 0.658. The van der Waals surface area contributed by atoms with Gasteiger partial charge >= 0.3 is 0 Å². The molecule has 0 bridgehead atoms. The van der Waals surface area contributed by atoms with Crippen molar-refractivity contribution in [2.45, 2.75) is 31.5 Å². The highest BCUT2D eigenvalue weighted by Gasteiger charge is 2.16. The van der Waals surface area contributed by atoms with Crippen LogP contribution in [0.4, 0.5) is 0 Å². The molecule has 3 N–H and O–H groups in total. The maximum Gasteiger partial charge on any atom is 0.122 e. The lowest BCUT2D eigenvalue weighted by molar-refractivity contribution is -0.0404. The Morgan fingerprint density at radius 2 is 1.90 bits per heavy atom. The fourth-order valence-electron chi connectivity index (χ4n) is 2.33.